The van der Waals surface area contributed by atoms with E-state index in [-0.39, 0.29) is 5.92 Å². The van der Waals surface area contributed by atoms with Crippen LogP contribution in [0.3, 0.4) is 0 Å². The van der Waals surface area contributed by atoms with Gasteiger partial charge in [-0.15, -0.1) is 0 Å². The molecular weight excluding hydrogens is 286 g/mol. The number of piperidine rings is 1. The largest absolute Gasteiger partial charge is 0.388 e. The Morgan fingerprint density at radius 1 is 1.38 bits per heavy atom. The minimum absolute atomic E-state index is 0.225. The molecule has 5 heteroatoms. The van der Waals surface area contributed by atoms with Crippen LogP contribution in [-0.4, -0.2) is 37.2 Å². The highest BCUT2D eigenvalue weighted by Crippen LogP contribution is 2.30. The minimum Gasteiger partial charge on any atom is -0.388 e. The first-order valence-corrected chi connectivity index (χ1v) is 9.33. The molecule has 2 atom stereocenters. The fourth-order valence-electron chi connectivity index (χ4n) is 3.10. The summed E-state index contributed by atoms with van der Waals surface area (Å²) in [5.41, 5.74) is 3.26. The second kappa shape index (κ2) is 6.46. The van der Waals surface area contributed by atoms with E-state index in [0.29, 0.717) is 19.5 Å². The van der Waals surface area contributed by atoms with Crippen molar-refractivity contribution in [2.45, 2.75) is 39.2 Å². The number of sulfonamides is 1. The highest BCUT2D eigenvalue weighted by Gasteiger charge is 2.27. The zero-order valence-electron chi connectivity index (χ0n) is 13.0. The molecule has 0 spiro atoms. The number of nitrogens with zero attached hydrogens (tertiary/aromatic N) is 1. The molecule has 0 radical (unpaired) electrons. The number of aliphatic hydroxyl groups is 1. The molecule has 4 nitrogen and oxygen atoms in total. The topological polar surface area (TPSA) is 57.6 Å². The number of aliphatic hydroxyl groups excluding tert-OH is 1. The molecule has 1 heterocycles. The summed E-state index contributed by atoms with van der Waals surface area (Å²) in [5.74, 6) is 0.225. The van der Waals surface area contributed by atoms with Gasteiger partial charge in [-0.2, -0.15) is 0 Å². The molecule has 0 aliphatic carbocycles. The van der Waals surface area contributed by atoms with Crippen LogP contribution in [-0.2, 0) is 10.0 Å². The molecule has 1 saturated heterocycles. The number of hydrogen-bond donors (Lipinski definition) is 1. The van der Waals surface area contributed by atoms with Crippen molar-refractivity contribution in [3.05, 3.63) is 34.9 Å². The fraction of sp³-hybridized carbons (Fsp3) is 0.625. The molecule has 2 unspecified atom stereocenters. The van der Waals surface area contributed by atoms with Crippen molar-refractivity contribution in [1.82, 2.24) is 4.31 Å². The summed E-state index contributed by atoms with van der Waals surface area (Å²) in [6.45, 7) is 5.20. The smallest absolute Gasteiger partial charge is 0.211 e. The van der Waals surface area contributed by atoms with E-state index in [1.54, 1.807) is 0 Å². The predicted molar refractivity (Wildman–Crippen MR) is 84.6 cm³/mol. The van der Waals surface area contributed by atoms with Gasteiger partial charge in [0.2, 0.25) is 10.0 Å². The van der Waals surface area contributed by atoms with Crippen molar-refractivity contribution >= 4 is 10.0 Å². The molecule has 0 aromatic heterocycles. The maximum Gasteiger partial charge on any atom is 0.211 e. The number of aryl methyl sites for hydroxylation is 1. The predicted octanol–water partition coefficient (Wildman–Crippen LogP) is 2.40. The van der Waals surface area contributed by atoms with Crippen LogP contribution in [0.1, 0.15) is 42.1 Å². The Morgan fingerprint density at radius 3 is 2.76 bits per heavy atom. The molecule has 1 aliphatic heterocycles. The van der Waals surface area contributed by atoms with Crippen molar-refractivity contribution in [3.8, 4) is 0 Å². The summed E-state index contributed by atoms with van der Waals surface area (Å²) in [6, 6.07) is 5.96. The van der Waals surface area contributed by atoms with Crippen molar-refractivity contribution in [2.75, 3.05) is 19.3 Å². The van der Waals surface area contributed by atoms with Gasteiger partial charge in [-0.3, -0.25) is 0 Å². The monoisotopic (exact) mass is 311 g/mol. The summed E-state index contributed by atoms with van der Waals surface area (Å²) in [7, 11) is -3.12. The lowest BCUT2D eigenvalue weighted by molar-refractivity contribution is 0.122. The maximum atomic E-state index is 11.6. The Hall–Kier alpha value is -0.910. The van der Waals surface area contributed by atoms with E-state index in [1.807, 2.05) is 32.0 Å². The lowest BCUT2D eigenvalue weighted by Gasteiger charge is -2.32. The zero-order valence-corrected chi connectivity index (χ0v) is 13.9. The molecule has 0 amide bonds. The normalized spacial score (nSPS) is 22.2. The molecule has 2 rings (SSSR count). The highest BCUT2D eigenvalue weighted by atomic mass is 32.2. The van der Waals surface area contributed by atoms with Crippen molar-refractivity contribution in [2.24, 2.45) is 5.92 Å². The highest BCUT2D eigenvalue weighted by molar-refractivity contribution is 7.88. The summed E-state index contributed by atoms with van der Waals surface area (Å²) in [5, 5.41) is 10.5. The fourth-order valence-corrected chi connectivity index (χ4v) is 4.04. The van der Waals surface area contributed by atoms with Crippen molar-refractivity contribution < 1.29 is 13.5 Å². The van der Waals surface area contributed by atoms with Gasteiger partial charge in [-0.05, 0) is 55.7 Å². The SMILES string of the molecule is Cc1cccc(C(O)CC2CCCN(S(C)(=O)=O)C2)c1C. The van der Waals surface area contributed by atoms with E-state index < -0.39 is 16.1 Å². The summed E-state index contributed by atoms with van der Waals surface area (Å²) in [4.78, 5) is 0. The molecule has 118 valence electrons. The lowest BCUT2D eigenvalue weighted by atomic mass is 9.89. The maximum absolute atomic E-state index is 11.6. The summed E-state index contributed by atoms with van der Waals surface area (Å²) < 4.78 is 24.8. The minimum atomic E-state index is -3.12. The average molecular weight is 311 g/mol. The van der Waals surface area contributed by atoms with Gasteiger partial charge in [-0.1, -0.05) is 18.2 Å². The molecule has 0 saturated carbocycles. The Labute approximate surface area is 127 Å². The van der Waals surface area contributed by atoms with Gasteiger partial charge in [0.1, 0.15) is 0 Å². The first kappa shape index (κ1) is 16.5. The molecule has 1 aromatic carbocycles. The van der Waals surface area contributed by atoms with Crippen molar-refractivity contribution in [3.63, 3.8) is 0 Å². The van der Waals surface area contributed by atoms with E-state index in [1.165, 1.54) is 16.1 Å². The van der Waals surface area contributed by atoms with Crippen LogP contribution in [0, 0.1) is 19.8 Å². The van der Waals surface area contributed by atoms with Gasteiger partial charge in [0.15, 0.2) is 0 Å². The Kier molecular flexibility index (Phi) is 5.07. The van der Waals surface area contributed by atoms with E-state index in [0.717, 1.165) is 24.0 Å². The van der Waals surface area contributed by atoms with Gasteiger partial charge >= 0.3 is 0 Å². The zero-order chi connectivity index (χ0) is 15.6. The first-order valence-electron chi connectivity index (χ1n) is 7.48. The molecule has 1 aliphatic rings. The molecular formula is C16H25NO3S. The number of benzene rings is 1. The Balaban J connectivity index is 2.06. The Bertz CT molecular complexity index is 598. The molecule has 1 aromatic rings. The van der Waals surface area contributed by atoms with E-state index >= 15 is 0 Å². The molecule has 0 bridgehead atoms. The van der Waals surface area contributed by atoms with Crippen LogP contribution in [0.4, 0.5) is 0 Å². The first-order chi connectivity index (χ1) is 9.79. The van der Waals surface area contributed by atoms with Gasteiger partial charge in [0, 0.05) is 13.1 Å². The molecule has 1 fully saturated rings. The third kappa shape index (κ3) is 4.05. The quantitative estimate of drug-likeness (QED) is 0.929. The average Bonchev–Trinajstić information content (AvgIpc) is 2.41. The summed E-state index contributed by atoms with van der Waals surface area (Å²) in [6.07, 6.45) is 3.22. The van der Waals surface area contributed by atoms with E-state index in [4.69, 9.17) is 0 Å². The lowest BCUT2D eigenvalue weighted by Crippen LogP contribution is -2.39. The van der Waals surface area contributed by atoms with Gasteiger partial charge in [0.05, 0.1) is 12.4 Å². The van der Waals surface area contributed by atoms with Crippen LogP contribution in [0.2, 0.25) is 0 Å². The van der Waals surface area contributed by atoms with E-state index in [2.05, 4.69) is 0 Å². The van der Waals surface area contributed by atoms with Gasteiger partial charge < -0.3 is 5.11 Å². The summed E-state index contributed by atoms with van der Waals surface area (Å²) >= 11 is 0. The van der Waals surface area contributed by atoms with Crippen LogP contribution in [0.25, 0.3) is 0 Å². The van der Waals surface area contributed by atoms with Crippen molar-refractivity contribution in [1.29, 1.82) is 0 Å². The second-order valence-electron chi connectivity index (χ2n) is 6.17. The van der Waals surface area contributed by atoms with Crippen LogP contribution in [0.5, 0.6) is 0 Å². The van der Waals surface area contributed by atoms with Crippen LogP contribution in [0.15, 0.2) is 18.2 Å². The molecule has 1 N–H and O–H groups in total. The number of rotatable bonds is 4. The number of hydrogen-bond acceptors (Lipinski definition) is 3. The standard InChI is InChI=1S/C16H25NO3S/c1-12-6-4-8-15(13(12)2)16(18)10-14-7-5-9-17(11-14)21(3,19)20/h4,6,8,14,16,18H,5,7,9-11H2,1-3H3. The van der Waals surface area contributed by atoms with Gasteiger partial charge in [-0.25, -0.2) is 12.7 Å². The van der Waals surface area contributed by atoms with Crippen LogP contribution >= 0.6 is 0 Å². The Morgan fingerprint density at radius 2 is 2.10 bits per heavy atom. The van der Waals surface area contributed by atoms with Gasteiger partial charge in [0.25, 0.3) is 0 Å². The third-order valence-electron chi connectivity index (χ3n) is 4.51. The van der Waals surface area contributed by atoms with Crippen LogP contribution < -0.4 is 0 Å². The molecule has 21 heavy (non-hydrogen) atoms. The van der Waals surface area contributed by atoms with E-state index in [9.17, 15) is 13.5 Å². The third-order valence-corrected chi connectivity index (χ3v) is 5.78. The second-order valence-corrected chi connectivity index (χ2v) is 8.15.